The van der Waals surface area contributed by atoms with E-state index in [4.69, 9.17) is 28.6 Å². The van der Waals surface area contributed by atoms with Crippen LogP contribution < -0.4 is 15.0 Å². The fraction of sp³-hybridized carbons (Fsp3) is 0. The van der Waals surface area contributed by atoms with E-state index in [1.807, 2.05) is 0 Å². The van der Waals surface area contributed by atoms with Crippen molar-refractivity contribution in [2.45, 2.75) is 0 Å². The molecule has 0 N–H and O–H groups in total. The Labute approximate surface area is 109 Å². The van der Waals surface area contributed by atoms with E-state index in [9.17, 15) is 0 Å². The normalized spacial score (nSPS) is 10.5. The second kappa shape index (κ2) is 7.40. The van der Waals surface area contributed by atoms with Gasteiger partial charge in [-0.05, 0) is 0 Å². The summed E-state index contributed by atoms with van der Waals surface area (Å²) in [4.78, 5) is 0. The van der Waals surface area contributed by atoms with Crippen LogP contribution in [-0.2, 0) is 47.1 Å². The van der Waals surface area contributed by atoms with Crippen molar-refractivity contribution in [1.29, 1.82) is 0 Å². The Hall–Kier alpha value is 1.99. The van der Waals surface area contributed by atoms with Crippen LogP contribution >= 0.6 is 0 Å². The molecule has 0 aliphatic carbocycles. The van der Waals surface area contributed by atoms with Gasteiger partial charge in [-0.3, -0.25) is 0 Å². The van der Waals surface area contributed by atoms with Gasteiger partial charge in [0.25, 0.3) is 0 Å². The Balaban J connectivity index is -0.000000107. The van der Waals surface area contributed by atoms with E-state index >= 15 is 0 Å². The summed E-state index contributed by atoms with van der Waals surface area (Å²) in [6.07, 6.45) is 0. The van der Waals surface area contributed by atoms with Crippen LogP contribution in [-0.4, -0.2) is 48.9 Å². The summed E-state index contributed by atoms with van der Waals surface area (Å²) in [5, 5.41) is 0. The molecule has 11 heteroatoms. The molecule has 0 fully saturated rings. The topological polar surface area (TPSA) is 161 Å². The minimum atomic E-state index is -6.17. The minimum absolute atomic E-state index is 0. The number of hydrogen-bond acceptors (Lipinski definition) is 8. The molecule has 0 aromatic heterocycles. The molecule has 0 aliphatic rings. The van der Waals surface area contributed by atoms with Gasteiger partial charge in [0.2, 0.25) is 0 Å². The van der Waals surface area contributed by atoms with Crippen molar-refractivity contribution >= 4 is 48.9 Å². The van der Waals surface area contributed by atoms with Crippen molar-refractivity contribution in [2.24, 2.45) is 0 Å². The molecule has 0 aromatic rings. The molecular formula is BaO8W2-2. The van der Waals surface area contributed by atoms with E-state index in [0.29, 0.717) is 0 Å². The van der Waals surface area contributed by atoms with Crippen LogP contribution in [0, 0.1) is 0 Å². The Morgan fingerprint density at radius 3 is 0.636 bits per heavy atom. The molecule has 0 saturated carbocycles. The van der Waals surface area contributed by atoms with Gasteiger partial charge < -0.3 is 0 Å². The van der Waals surface area contributed by atoms with Gasteiger partial charge >= 0.3 is 111 Å². The van der Waals surface area contributed by atoms with Crippen LogP contribution in [0.3, 0.4) is 0 Å². The molecule has 0 radical (unpaired) electrons. The quantitative estimate of drug-likeness (QED) is 0.239. The van der Waals surface area contributed by atoms with Crippen LogP contribution in [0.25, 0.3) is 0 Å². The molecule has 64 valence electrons. The number of rotatable bonds is 0. The van der Waals surface area contributed by atoms with Gasteiger partial charge in [0.15, 0.2) is 0 Å². The molecule has 0 amide bonds. The maximum absolute atomic E-state index is 8.65. The second-order valence-electron chi connectivity index (χ2n) is 0.816. The zero-order chi connectivity index (χ0) is 9.00. The third kappa shape index (κ3) is 303. The molecule has 0 unspecified atom stereocenters. The third-order valence-electron chi connectivity index (χ3n) is 0. The van der Waals surface area contributed by atoms with Gasteiger partial charge in [-0.15, -0.1) is 0 Å². The second-order valence-corrected chi connectivity index (χ2v) is 6.68. The van der Waals surface area contributed by atoms with E-state index < -0.39 is 33.5 Å². The van der Waals surface area contributed by atoms with Crippen molar-refractivity contribution < 1.29 is 62.1 Å². The van der Waals surface area contributed by atoms with Crippen LogP contribution in [0.5, 0.6) is 0 Å². The van der Waals surface area contributed by atoms with Gasteiger partial charge in [0, 0.05) is 0 Å². The average Bonchev–Trinajstić information content (AvgIpc) is 1.12. The van der Waals surface area contributed by atoms with Gasteiger partial charge in [-0.1, -0.05) is 0 Å². The summed E-state index contributed by atoms with van der Waals surface area (Å²) >= 11 is -12.3. The predicted molar refractivity (Wildman–Crippen MR) is 8.50 cm³/mol. The molecule has 0 saturated heterocycles. The van der Waals surface area contributed by atoms with Crippen molar-refractivity contribution in [3.63, 3.8) is 0 Å². The molecule has 0 spiro atoms. The van der Waals surface area contributed by atoms with Gasteiger partial charge in [0.05, 0.1) is 0 Å². The van der Waals surface area contributed by atoms with Gasteiger partial charge in [-0.25, -0.2) is 0 Å². The SMILES string of the molecule is [Ba+2].[O]=[W](=[O])([O-])[O-].[O]=[W](=[O])([O-])[O-]. The van der Waals surface area contributed by atoms with E-state index in [1.165, 1.54) is 0 Å². The molecule has 0 rings (SSSR count). The molecule has 0 atom stereocenters. The van der Waals surface area contributed by atoms with Gasteiger partial charge in [-0.2, -0.15) is 0 Å². The van der Waals surface area contributed by atoms with Crippen LogP contribution in [0.4, 0.5) is 0 Å². The van der Waals surface area contributed by atoms with Crippen LogP contribution in [0.15, 0.2) is 0 Å². The first-order valence-electron chi connectivity index (χ1n) is 1.33. The summed E-state index contributed by atoms with van der Waals surface area (Å²) in [6.45, 7) is 0. The van der Waals surface area contributed by atoms with Crippen molar-refractivity contribution in [2.75, 3.05) is 0 Å². The Morgan fingerprint density at radius 2 is 0.636 bits per heavy atom. The van der Waals surface area contributed by atoms with E-state index in [0.717, 1.165) is 0 Å². The maximum atomic E-state index is 8.65. The first kappa shape index (κ1) is 18.7. The fourth-order valence-corrected chi connectivity index (χ4v) is 0. The third-order valence-corrected chi connectivity index (χ3v) is 0. The Morgan fingerprint density at radius 1 is 0.636 bits per heavy atom. The monoisotopic (exact) mass is 634 g/mol. The molecule has 0 bridgehead atoms. The van der Waals surface area contributed by atoms with E-state index in [2.05, 4.69) is 0 Å². The van der Waals surface area contributed by atoms with Crippen molar-refractivity contribution in [1.82, 2.24) is 0 Å². The van der Waals surface area contributed by atoms with Crippen LogP contribution in [0.1, 0.15) is 0 Å². The average molecular weight is 633 g/mol. The molecule has 11 heavy (non-hydrogen) atoms. The molecule has 0 aromatic carbocycles. The molecular weight excluding hydrogens is 633 g/mol. The molecule has 0 heterocycles. The Kier molecular flexibility index (Phi) is 12.6. The summed E-state index contributed by atoms with van der Waals surface area (Å²) in [5.41, 5.74) is 0. The Bertz CT molecular complexity index is 208. The first-order valence-corrected chi connectivity index (χ1v) is 10.9. The summed E-state index contributed by atoms with van der Waals surface area (Å²) in [5.74, 6) is 0. The van der Waals surface area contributed by atoms with Crippen LogP contribution in [0.2, 0.25) is 0 Å². The summed E-state index contributed by atoms with van der Waals surface area (Å²) < 4.78 is 69.2. The summed E-state index contributed by atoms with van der Waals surface area (Å²) in [6, 6.07) is 0. The zero-order valence-corrected chi connectivity index (χ0v) is 15.1. The molecule has 8 nitrogen and oxygen atoms in total. The number of hydrogen-bond donors (Lipinski definition) is 0. The zero-order valence-electron chi connectivity index (χ0n) is 4.79. The fourth-order valence-electron chi connectivity index (χ4n) is 0. The van der Waals surface area contributed by atoms with E-state index in [-0.39, 0.29) is 48.9 Å². The molecule has 0 aliphatic heterocycles. The van der Waals surface area contributed by atoms with Crippen molar-refractivity contribution in [3.05, 3.63) is 0 Å². The standard InChI is InChI=1S/Ba.8O.2W/q+2;;;;;4*-1;;. The first-order chi connectivity index (χ1) is 4.00. The summed E-state index contributed by atoms with van der Waals surface area (Å²) in [7, 11) is 0. The van der Waals surface area contributed by atoms with E-state index in [1.54, 1.807) is 0 Å². The van der Waals surface area contributed by atoms with Gasteiger partial charge in [0.1, 0.15) is 0 Å². The van der Waals surface area contributed by atoms with Crippen molar-refractivity contribution in [3.8, 4) is 0 Å². The predicted octanol–water partition coefficient (Wildman–Crippen LogP) is -5.62.